The topological polar surface area (TPSA) is 15.3 Å². The van der Waals surface area contributed by atoms with Crippen molar-refractivity contribution in [3.05, 3.63) is 58.7 Å². The summed E-state index contributed by atoms with van der Waals surface area (Å²) in [7, 11) is 0. The minimum Gasteiger partial charge on any atom is -0.309 e. The molecule has 1 aromatic rings. The molecule has 124 valence electrons. The predicted octanol–water partition coefficient (Wildman–Crippen LogP) is 4.68. The van der Waals surface area contributed by atoms with Crippen LogP contribution in [0.1, 0.15) is 50.3 Å². The van der Waals surface area contributed by atoms with Crippen LogP contribution in [0.5, 0.6) is 0 Å². The Kier molecular flexibility index (Phi) is 4.68. The first-order chi connectivity index (χ1) is 10.9. The van der Waals surface area contributed by atoms with Crippen molar-refractivity contribution in [1.29, 1.82) is 0 Å². The smallest absolute Gasteiger partial charge is 0.0409 e. The normalized spacial score (nSPS) is 27.3. The Bertz CT molecular complexity index is 633. The fourth-order valence-electron chi connectivity index (χ4n) is 4.10. The van der Waals surface area contributed by atoms with Gasteiger partial charge in [0.25, 0.3) is 0 Å². The van der Waals surface area contributed by atoms with Gasteiger partial charge in [-0.2, -0.15) is 0 Å². The average molecular weight is 331 g/mol. The standard InChI is InChI=1S/C20H27ClN2/c1-5-6-14(2)17-12-19(18-11-15(21)7-8-16(17)18)23-10-9-22-20(3,4)13-23/h5-8,11,17,19,22H,2,9-10,12-13H2,1,3-4H3/b6-5-/t17-,19+/m0/s1. The van der Waals surface area contributed by atoms with E-state index >= 15 is 0 Å². The van der Waals surface area contributed by atoms with Gasteiger partial charge >= 0.3 is 0 Å². The number of fused-ring (bicyclic) bond motifs is 1. The van der Waals surface area contributed by atoms with Crippen LogP contribution < -0.4 is 5.32 Å². The van der Waals surface area contributed by atoms with Crippen LogP contribution in [-0.2, 0) is 0 Å². The van der Waals surface area contributed by atoms with E-state index < -0.39 is 0 Å². The van der Waals surface area contributed by atoms with Crippen molar-refractivity contribution in [2.75, 3.05) is 19.6 Å². The lowest BCUT2D eigenvalue weighted by atomic mass is 9.93. The maximum Gasteiger partial charge on any atom is 0.0409 e. The lowest BCUT2D eigenvalue weighted by Gasteiger charge is -2.42. The zero-order valence-corrected chi connectivity index (χ0v) is 15.2. The fraction of sp³-hybridized carbons (Fsp3) is 0.500. The molecule has 1 heterocycles. The van der Waals surface area contributed by atoms with Crippen molar-refractivity contribution in [3.8, 4) is 0 Å². The second-order valence-electron chi connectivity index (χ2n) is 7.43. The molecule has 2 nitrogen and oxygen atoms in total. The Labute approximate surface area is 145 Å². The van der Waals surface area contributed by atoms with Gasteiger partial charge in [-0.1, -0.05) is 36.4 Å². The third-order valence-electron chi connectivity index (χ3n) is 5.11. The highest BCUT2D eigenvalue weighted by atomic mass is 35.5. The first-order valence-corrected chi connectivity index (χ1v) is 8.89. The Hall–Kier alpha value is -1.09. The third-order valence-corrected chi connectivity index (χ3v) is 5.35. The van der Waals surface area contributed by atoms with Crippen LogP contribution in [0.2, 0.25) is 5.02 Å². The summed E-state index contributed by atoms with van der Waals surface area (Å²) in [5.74, 6) is 0.404. The van der Waals surface area contributed by atoms with Gasteiger partial charge in [0, 0.05) is 42.2 Å². The molecule has 1 aliphatic heterocycles. The summed E-state index contributed by atoms with van der Waals surface area (Å²) >= 11 is 6.30. The maximum atomic E-state index is 6.30. The summed E-state index contributed by atoms with van der Waals surface area (Å²) in [6.45, 7) is 14.1. The Morgan fingerprint density at radius 2 is 2.17 bits per heavy atom. The zero-order valence-electron chi connectivity index (χ0n) is 14.4. The molecular formula is C20H27ClN2. The van der Waals surface area contributed by atoms with E-state index in [1.54, 1.807) is 0 Å². The van der Waals surface area contributed by atoms with Crippen LogP contribution in [0, 0.1) is 0 Å². The molecule has 0 aromatic heterocycles. The molecular weight excluding hydrogens is 304 g/mol. The molecule has 0 radical (unpaired) electrons. The molecule has 0 bridgehead atoms. The molecule has 1 aliphatic carbocycles. The molecule has 0 unspecified atom stereocenters. The van der Waals surface area contributed by atoms with Gasteiger partial charge in [0.05, 0.1) is 0 Å². The average Bonchev–Trinajstić information content (AvgIpc) is 2.85. The maximum absolute atomic E-state index is 6.30. The van der Waals surface area contributed by atoms with Gasteiger partial charge in [0.15, 0.2) is 0 Å². The summed E-state index contributed by atoms with van der Waals surface area (Å²) in [5, 5.41) is 4.44. The van der Waals surface area contributed by atoms with E-state index in [-0.39, 0.29) is 5.54 Å². The summed E-state index contributed by atoms with van der Waals surface area (Å²) in [6, 6.07) is 6.82. The number of hydrogen-bond acceptors (Lipinski definition) is 2. The molecule has 3 rings (SSSR count). The number of rotatable bonds is 3. The van der Waals surface area contributed by atoms with Crippen molar-refractivity contribution in [2.24, 2.45) is 0 Å². The summed E-state index contributed by atoms with van der Waals surface area (Å²) < 4.78 is 0. The Morgan fingerprint density at radius 1 is 1.39 bits per heavy atom. The van der Waals surface area contributed by atoms with E-state index in [0.717, 1.165) is 31.1 Å². The largest absolute Gasteiger partial charge is 0.309 e. The quantitative estimate of drug-likeness (QED) is 0.809. The van der Waals surface area contributed by atoms with Gasteiger partial charge < -0.3 is 5.32 Å². The van der Waals surface area contributed by atoms with Gasteiger partial charge in [-0.05, 0) is 56.0 Å². The first-order valence-electron chi connectivity index (χ1n) is 8.51. The molecule has 1 N–H and O–H groups in total. The van der Waals surface area contributed by atoms with Gasteiger partial charge in [-0.15, -0.1) is 0 Å². The van der Waals surface area contributed by atoms with E-state index in [9.17, 15) is 0 Å². The zero-order chi connectivity index (χ0) is 16.6. The molecule has 2 atom stereocenters. The van der Waals surface area contributed by atoms with E-state index in [4.69, 9.17) is 11.6 Å². The monoisotopic (exact) mass is 330 g/mol. The number of allylic oxidation sites excluding steroid dienone is 3. The lowest BCUT2D eigenvalue weighted by Crippen LogP contribution is -2.57. The summed E-state index contributed by atoms with van der Waals surface area (Å²) in [5.41, 5.74) is 4.16. The highest BCUT2D eigenvalue weighted by Gasteiger charge is 2.38. The number of benzene rings is 1. The fourth-order valence-corrected chi connectivity index (χ4v) is 4.28. The number of piperazine rings is 1. The van der Waals surface area contributed by atoms with Gasteiger partial charge in [-0.3, -0.25) is 4.90 Å². The van der Waals surface area contributed by atoms with Crippen LogP contribution in [-0.4, -0.2) is 30.1 Å². The molecule has 1 aromatic carbocycles. The minimum absolute atomic E-state index is 0.162. The molecule has 23 heavy (non-hydrogen) atoms. The molecule has 0 spiro atoms. The van der Waals surface area contributed by atoms with E-state index in [0.29, 0.717) is 12.0 Å². The summed E-state index contributed by atoms with van der Waals surface area (Å²) in [6.07, 6.45) is 5.33. The molecule has 3 heteroatoms. The number of halogens is 1. The Balaban J connectivity index is 1.94. The van der Waals surface area contributed by atoms with E-state index in [1.807, 2.05) is 6.07 Å². The van der Waals surface area contributed by atoms with E-state index in [1.165, 1.54) is 16.7 Å². The van der Waals surface area contributed by atoms with Crippen molar-refractivity contribution >= 4 is 11.6 Å². The van der Waals surface area contributed by atoms with Gasteiger partial charge in [0.2, 0.25) is 0 Å². The van der Waals surface area contributed by atoms with Crippen molar-refractivity contribution in [2.45, 2.75) is 44.7 Å². The summed E-state index contributed by atoms with van der Waals surface area (Å²) in [4.78, 5) is 2.62. The lowest BCUT2D eigenvalue weighted by molar-refractivity contribution is 0.107. The molecule has 1 saturated heterocycles. The number of nitrogens with zero attached hydrogens (tertiary/aromatic N) is 1. The SMILES string of the molecule is C=C(/C=C\C)[C@@H]1C[C@@H](N2CCNC(C)(C)C2)c2cc(Cl)ccc21. The minimum atomic E-state index is 0.162. The van der Waals surface area contributed by atoms with Crippen molar-refractivity contribution in [3.63, 3.8) is 0 Å². The highest BCUT2D eigenvalue weighted by Crippen LogP contribution is 2.48. The second-order valence-corrected chi connectivity index (χ2v) is 7.87. The number of hydrogen-bond donors (Lipinski definition) is 1. The highest BCUT2D eigenvalue weighted by molar-refractivity contribution is 6.30. The third kappa shape index (κ3) is 3.40. The van der Waals surface area contributed by atoms with E-state index in [2.05, 4.69) is 61.9 Å². The van der Waals surface area contributed by atoms with Crippen molar-refractivity contribution < 1.29 is 0 Å². The second kappa shape index (κ2) is 6.43. The Morgan fingerprint density at radius 3 is 2.87 bits per heavy atom. The van der Waals surface area contributed by atoms with Gasteiger partial charge in [-0.25, -0.2) is 0 Å². The predicted molar refractivity (Wildman–Crippen MR) is 99.2 cm³/mol. The number of nitrogens with one attached hydrogen (secondary N) is 1. The molecule has 0 saturated carbocycles. The molecule has 2 aliphatic rings. The van der Waals surface area contributed by atoms with Crippen LogP contribution in [0.15, 0.2) is 42.5 Å². The van der Waals surface area contributed by atoms with Crippen LogP contribution >= 0.6 is 11.6 Å². The van der Waals surface area contributed by atoms with Gasteiger partial charge in [0.1, 0.15) is 0 Å². The van der Waals surface area contributed by atoms with Crippen LogP contribution in [0.3, 0.4) is 0 Å². The first kappa shape index (κ1) is 16.8. The van der Waals surface area contributed by atoms with Crippen LogP contribution in [0.25, 0.3) is 0 Å². The molecule has 0 amide bonds. The van der Waals surface area contributed by atoms with Crippen LogP contribution in [0.4, 0.5) is 0 Å². The molecule has 1 fully saturated rings. The van der Waals surface area contributed by atoms with Crippen molar-refractivity contribution in [1.82, 2.24) is 10.2 Å².